The van der Waals surface area contributed by atoms with E-state index in [4.69, 9.17) is 0 Å². The van der Waals surface area contributed by atoms with Crippen molar-refractivity contribution in [3.63, 3.8) is 0 Å². The molecule has 0 spiro atoms. The Kier molecular flexibility index (Phi) is 7.50. The fourth-order valence-electron chi connectivity index (χ4n) is 4.49. The highest BCUT2D eigenvalue weighted by molar-refractivity contribution is 5.92. The Morgan fingerprint density at radius 3 is 2.63 bits per heavy atom. The quantitative estimate of drug-likeness (QED) is 0.809. The number of carbonyl (C=O) groups excluding carboxylic acids is 1. The topological polar surface area (TPSA) is 48.5 Å². The molecule has 2 aliphatic rings. The maximum absolute atomic E-state index is 12.6. The highest BCUT2D eigenvalue weighted by Gasteiger charge is 2.27. The minimum absolute atomic E-state index is 0.0783. The molecule has 0 saturated carbocycles. The van der Waals surface area contributed by atoms with E-state index in [1.807, 2.05) is 12.1 Å². The van der Waals surface area contributed by atoms with Gasteiger partial charge >= 0.3 is 0 Å². The van der Waals surface area contributed by atoms with Crippen molar-refractivity contribution in [1.29, 1.82) is 0 Å². The smallest absolute Gasteiger partial charge is 0.238 e. The van der Waals surface area contributed by atoms with E-state index in [1.165, 1.54) is 51.4 Å². The van der Waals surface area contributed by atoms with Gasteiger partial charge in [0.1, 0.15) is 5.82 Å². The first-order valence-corrected chi connectivity index (χ1v) is 10.9. The Labute approximate surface area is 164 Å². The van der Waals surface area contributed by atoms with Crippen LogP contribution in [-0.4, -0.2) is 48.0 Å². The molecule has 1 N–H and O–H groups in total. The molecule has 0 radical (unpaired) electrons. The fraction of sp³-hybridized carbons (Fsp3) is 0.727. The van der Waals surface area contributed by atoms with Crippen LogP contribution in [0.2, 0.25) is 0 Å². The molecule has 3 heterocycles. The molecule has 1 aromatic rings. The predicted molar refractivity (Wildman–Crippen MR) is 112 cm³/mol. The zero-order valence-electron chi connectivity index (χ0n) is 17.1. The Morgan fingerprint density at radius 2 is 1.96 bits per heavy atom. The van der Waals surface area contributed by atoms with Crippen molar-refractivity contribution in [2.45, 2.75) is 71.3 Å². The first-order valence-electron chi connectivity index (χ1n) is 10.9. The molecule has 2 atom stereocenters. The average molecular weight is 373 g/mol. The van der Waals surface area contributed by atoms with E-state index < -0.39 is 0 Å². The molecule has 2 saturated heterocycles. The Bertz CT molecular complexity index is 580. The second kappa shape index (κ2) is 10.1. The number of nitrogens with one attached hydrogen (secondary N) is 1. The van der Waals surface area contributed by atoms with E-state index in [0.717, 1.165) is 31.1 Å². The number of hydrogen-bond acceptors (Lipinski definition) is 4. The number of pyridine rings is 1. The third-order valence-electron chi connectivity index (χ3n) is 5.99. The standard InChI is InChI=1S/C22H36N4O/c1-3-8-20-11-9-18(2)16-26(20)17-22(27)24-19-10-12-21(23-15-19)25-13-6-4-5-7-14-25/h10,12,15,18,20H,3-9,11,13-14,16-17H2,1-2H3,(H,24,27). The monoisotopic (exact) mass is 372 g/mol. The van der Waals surface area contributed by atoms with Crippen LogP contribution < -0.4 is 10.2 Å². The molecule has 0 aromatic carbocycles. The molecule has 5 heteroatoms. The normalized spacial score (nSPS) is 24.4. The minimum Gasteiger partial charge on any atom is -0.357 e. The van der Waals surface area contributed by atoms with Gasteiger partial charge in [0.25, 0.3) is 0 Å². The van der Waals surface area contributed by atoms with Crippen LogP contribution in [0.1, 0.15) is 65.2 Å². The predicted octanol–water partition coefficient (Wildman–Crippen LogP) is 4.30. The summed E-state index contributed by atoms with van der Waals surface area (Å²) in [6.07, 6.45) is 11.8. The van der Waals surface area contributed by atoms with Crippen molar-refractivity contribution in [1.82, 2.24) is 9.88 Å². The van der Waals surface area contributed by atoms with Gasteiger partial charge in [-0.25, -0.2) is 4.98 Å². The number of hydrogen-bond donors (Lipinski definition) is 1. The second-order valence-corrected chi connectivity index (χ2v) is 8.41. The number of carbonyl (C=O) groups is 1. The van der Waals surface area contributed by atoms with Gasteiger partial charge < -0.3 is 10.2 Å². The highest BCUT2D eigenvalue weighted by atomic mass is 16.2. The average Bonchev–Trinajstić information content (AvgIpc) is 2.94. The third kappa shape index (κ3) is 5.93. The molecule has 150 valence electrons. The number of rotatable bonds is 6. The van der Waals surface area contributed by atoms with Crippen LogP contribution in [-0.2, 0) is 4.79 Å². The first-order chi connectivity index (χ1) is 13.2. The van der Waals surface area contributed by atoms with E-state index in [2.05, 4.69) is 33.9 Å². The van der Waals surface area contributed by atoms with E-state index in [0.29, 0.717) is 18.5 Å². The maximum Gasteiger partial charge on any atom is 0.238 e. The van der Waals surface area contributed by atoms with E-state index in [-0.39, 0.29) is 5.91 Å². The summed E-state index contributed by atoms with van der Waals surface area (Å²) in [6.45, 7) is 8.22. The molecule has 0 aliphatic carbocycles. The summed E-state index contributed by atoms with van der Waals surface area (Å²) in [7, 11) is 0. The molecule has 1 amide bonds. The number of likely N-dealkylation sites (tertiary alicyclic amines) is 1. The molecule has 0 bridgehead atoms. The highest BCUT2D eigenvalue weighted by Crippen LogP contribution is 2.24. The lowest BCUT2D eigenvalue weighted by Crippen LogP contribution is -2.46. The van der Waals surface area contributed by atoms with Gasteiger partial charge in [-0.2, -0.15) is 0 Å². The minimum atomic E-state index is 0.0783. The number of anilines is 2. The summed E-state index contributed by atoms with van der Waals surface area (Å²) in [4.78, 5) is 21.9. The van der Waals surface area contributed by atoms with E-state index >= 15 is 0 Å². The van der Waals surface area contributed by atoms with Crippen molar-refractivity contribution in [3.05, 3.63) is 18.3 Å². The zero-order chi connectivity index (χ0) is 19.1. The van der Waals surface area contributed by atoms with E-state index in [1.54, 1.807) is 6.20 Å². The van der Waals surface area contributed by atoms with Crippen LogP contribution in [0.3, 0.4) is 0 Å². The summed E-state index contributed by atoms with van der Waals surface area (Å²) in [6, 6.07) is 4.59. The largest absolute Gasteiger partial charge is 0.357 e. The van der Waals surface area contributed by atoms with Gasteiger partial charge in [0.05, 0.1) is 18.4 Å². The number of aromatic nitrogens is 1. The fourth-order valence-corrected chi connectivity index (χ4v) is 4.49. The lowest BCUT2D eigenvalue weighted by Gasteiger charge is -2.38. The summed E-state index contributed by atoms with van der Waals surface area (Å²) in [5, 5.41) is 3.05. The van der Waals surface area contributed by atoms with Gasteiger partial charge in [0.2, 0.25) is 5.91 Å². The Morgan fingerprint density at radius 1 is 1.19 bits per heavy atom. The van der Waals surface area contributed by atoms with Gasteiger partial charge in [0.15, 0.2) is 0 Å². The van der Waals surface area contributed by atoms with Crippen LogP contribution in [0.15, 0.2) is 18.3 Å². The van der Waals surface area contributed by atoms with Gasteiger partial charge in [-0.1, -0.05) is 33.1 Å². The van der Waals surface area contributed by atoms with Gasteiger partial charge in [-0.15, -0.1) is 0 Å². The van der Waals surface area contributed by atoms with Crippen LogP contribution in [0.25, 0.3) is 0 Å². The Hall–Kier alpha value is -1.62. The number of nitrogens with zero attached hydrogens (tertiary/aromatic N) is 3. The van der Waals surface area contributed by atoms with Gasteiger partial charge in [0, 0.05) is 25.7 Å². The van der Waals surface area contributed by atoms with Gasteiger partial charge in [-0.05, 0) is 50.2 Å². The third-order valence-corrected chi connectivity index (χ3v) is 5.99. The molecular formula is C22H36N4O. The SMILES string of the molecule is CCCC1CCC(C)CN1CC(=O)Nc1ccc(N2CCCCCC2)nc1. The maximum atomic E-state index is 12.6. The van der Waals surface area contributed by atoms with Crippen LogP contribution in [0.5, 0.6) is 0 Å². The van der Waals surface area contributed by atoms with Crippen LogP contribution in [0.4, 0.5) is 11.5 Å². The summed E-state index contributed by atoms with van der Waals surface area (Å²) in [5.74, 6) is 1.79. The van der Waals surface area contributed by atoms with Gasteiger partial charge in [-0.3, -0.25) is 9.69 Å². The van der Waals surface area contributed by atoms with E-state index in [9.17, 15) is 4.79 Å². The molecule has 27 heavy (non-hydrogen) atoms. The molecule has 5 nitrogen and oxygen atoms in total. The van der Waals surface area contributed by atoms with Crippen molar-refractivity contribution < 1.29 is 4.79 Å². The van der Waals surface area contributed by atoms with Crippen molar-refractivity contribution in [3.8, 4) is 0 Å². The number of amides is 1. The second-order valence-electron chi connectivity index (χ2n) is 8.41. The lowest BCUT2D eigenvalue weighted by atomic mass is 9.92. The summed E-state index contributed by atoms with van der Waals surface area (Å²) in [5.41, 5.74) is 0.802. The molecule has 2 aliphatic heterocycles. The molecule has 2 fully saturated rings. The number of piperidine rings is 1. The van der Waals surface area contributed by atoms with Crippen LogP contribution >= 0.6 is 0 Å². The van der Waals surface area contributed by atoms with Crippen molar-refractivity contribution in [2.75, 3.05) is 36.4 Å². The Balaban J connectivity index is 1.53. The zero-order valence-corrected chi connectivity index (χ0v) is 17.1. The lowest BCUT2D eigenvalue weighted by molar-refractivity contribution is -0.118. The molecule has 1 aromatic heterocycles. The molecule has 2 unspecified atom stereocenters. The summed E-state index contributed by atoms with van der Waals surface area (Å²) >= 11 is 0. The molecule has 3 rings (SSSR count). The molecular weight excluding hydrogens is 336 g/mol. The van der Waals surface area contributed by atoms with Crippen molar-refractivity contribution >= 4 is 17.4 Å². The van der Waals surface area contributed by atoms with Crippen molar-refractivity contribution in [2.24, 2.45) is 5.92 Å². The first kappa shape index (κ1) is 20.1. The summed E-state index contributed by atoms with van der Waals surface area (Å²) < 4.78 is 0. The van der Waals surface area contributed by atoms with Crippen LogP contribution in [0, 0.1) is 5.92 Å².